The van der Waals surface area contributed by atoms with Gasteiger partial charge in [0.2, 0.25) is 0 Å². The quantitative estimate of drug-likeness (QED) is 0.577. The fourth-order valence-electron chi connectivity index (χ4n) is 3.28. The Morgan fingerprint density at radius 3 is 2.30 bits per heavy atom. The Hall–Kier alpha value is -2.81. The molecular weight excluding hydrogens is 284 g/mol. The lowest BCUT2D eigenvalue weighted by molar-refractivity contribution is 0.482. The SMILES string of the molecule is Cc1nn(C(C)c2ccccc2)c2c1cc(O)c1ccccc12. The van der Waals surface area contributed by atoms with Crippen LogP contribution in [0, 0.1) is 6.92 Å². The number of aryl methyl sites for hydroxylation is 1. The first kappa shape index (κ1) is 13.8. The third-order valence-corrected chi connectivity index (χ3v) is 4.52. The lowest BCUT2D eigenvalue weighted by atomic mass is 10.0. The number of nitrogens with zero attached hydrogens (tertiary/aromatic N) is 2. The van der Waals surface area contributed by atoms with E-state index in [0.717, 1.165) is 27.4 Å². The molecule has 0 bridgehead atoms. The molecule has 0 fully saturated rings. The van der Waals surface area contributed by atoms with E-state index in [4.69, 9.17) is 5.10 Å². The third kappa shape index (κ3) is 2.08. The smallest absolute Gasteiger partial charge is 0.124 e. The number of hydrogen-bond acceptors (Lipinski definition) is 2. The maximum Gasteiger partial charge on any atom is 0.124 e. The normalized spacial score (nSPS) is 12.8. The second kappa shape index (κ2) is 5.13. The van der Waals surface area contributed by atoms with Crippen molar-refractivity contribution in [3.05, 3.63) is 71.9 Å². The second-order valence-corrected chi connectivity index (χ2v) is 5.95. The van der Waals surface area contributed by atoms with E-state index in [9.17, 15) is 5.11 Å². The Morgan fingerprint density at radius 1 is 0.913 bits per heavy atom. The zero-order valence-electron chi connectivity index (χ0n) is 13.2. The van der Waals surface area contributed by atoms with Crippen LogP contribution in [-0.2, 0) is 0 Å². The summed E-state index contributed by atoms with van der Waals surface area (Å²) in [5.41, 5.74) is 3.23. The molecule has 1 aromatic heterocycles. The number of benzene rings is 3. The molecule has 0 aliphatic carbocycles. The highest BCUT2D eigenvalue weighted by molar-refractivity contribution is 6.09. The molecular formula is C20H18N2O. The number of aromatic nitrogens is 2. The van der Waals surface area contributed by atoms with Crippen molar-refractivity contribution in [2.45, 2.75) is 19.9 Å². The minimum atomic E-state index is 0.125. The number of phenolic OH excluding ortho intramolecular Hbond substituents is 1. The topological polar surface area (TPSA) is 38.0 Å². The summed E-state index contributed by atoms with van der Waals surface area (Å²) in [4.78, 5) is 0. The average molecular weight is 302 g/mol. The first-order chi connectivity index (χ1) is 11.2. The number of aromatic hydroxyl groups is 1. The van der Waals surface area contributed by atoms with Gasteiger partial charge in [-0.1, -0.05) is 54.6 Å². The van der Waals surface area contributed by atoms with E-state index in [1.165, 1.54) is 5.56 Å². The lowest BCUT2D eigenvalue weighted by Crippen LogP contribution is -2.08. The number of rotatable bonds is 2. The van der Waals surface area contributed by atoms with Gasteiger partial charge >= 0.3 is 0 Å². The van der Waals surface area contributed by atoms with Crippen molar-refractivity contribution in [1.29, 1.82) is 0 Å². The Kier molecular flexibility index (Phi) is 3.08. The molecule has 3 heteroatoms. The van der Waals surface area contributed by atoms with Crippen molar-refractivity contribution in [1.82, 2.24) is 9.78 Å². The predicted octanol–water partition coefficient (Wildman–Crippen LogP) is 4.81. The van der Waals surface area contributed by atoms with Crippen LogP contribution in [0.15, 0.2) is 60.7 Å². The van der Waals surface area contributed by atoms with Gasteiger partial charge in [-0.05, 0) is 25.5 Å². The molecule has 0 saturated heterocycles. The van der Waals surface area contributed by atoms with E-state index < -0.39 is 0 Å². The minimum Gasteiger partial charge on any atom is -0.507 e. The van der Waals surface area contributed by atoms with Gasteiger partial charge in [-0.15, -0.1) is 0 Å². The summed E-state index contributed by atoms with van der Waals surface area (Å²) in [5.74, 6) is 0.308. The van der Waals surface area contributed by atoms with E-state index in [1.54, 1.807) is 0 Å². The van der Waals surface area contributed by atoms with Gasteiger partial charge in [0, 0.05) is 16.2 Å². The second-order valence-electron chi connectivity index (χ2n) is 5.95. The van der Waals surface area contributed by atoms with Crippen molar-refractivity contribution in [3.63, 3.8) is 0 Å². The number of fused-ring (bicyclic) bond motifs is 3. The van der Waals surface area contributed by atoms with E-state index in [-0.39, 0.29) is 6.04 Å². The molecule has 0 saturated carbocycles. The summed E-state index contributed by atoms with van der Waals surface area (Å²) in [6.07, 6.45) is 0. The van der Waals surface area contributed by atoms with E-state index in [2.05, 4.69) is 23.7 Å². The molecule has 3 nitrogen and oxygen atoms in total. The van der Waals surface area contributed by atoms with E-state index >= 15 is 0 Å². The van der Waals surface area contributed by atoms with Gasteiger partial charge in [-0.2, -0.15) is 5.10 Å². The van der Waals surface area contributed by atoms with Crippen LogP contribution in [0.1, 0.15) is 24.2 Å². The molecule has 0 amide bonds. The summed E-state index contributed by atoms with van der Waals surface area (Å²) in [7, 11) is 0. The Morgan fingerprint density at radius 2 is 1.57 bits per heavy atom. The number of phenols is 1. The fourth-order valence-corrected chi connectivity index (χ4v) is 3.28. The van der Waals surface area contributed by atoms with Gasteiger partial charge in [-0.3, -0.25) is 4.68 Å². The highest BCUT2D eigenvalue weighted by Crippen LogP contribution is 2.36. The summed E-state index contributed by atoms with van der Waals surface area (Å²) in [6, 6.07) is 20.3. The molecule has 4 rings (SSSR count). The van der Waals surface area contributed by atoms with Gasteiger partial charge in [0.1, 0.15) is 5.75 Å². The molecule has 1 atom stereocenters. The maximum absolute atomic E-state index is 10.3. The molecule has 3 aromatic carbocycles. The van der Waals surface area contributed by atoms with Crippen LogP contribution in [0.3, 0.4) is 0 Å². The first-order valence-corrected chi connectivity index (χ1v) is 7.81. The Labute approximate surface area is 134 Å². The maximum atomic E-state index is 10.3. The highest BCUT2D eigenvalue weighted by Gasteiger charge is 2.18. The molecule has 1 heterocycles. The summed E-state index contributed by atoms with van der Waals surface area (Å²) >= 11 is 0. The molecule has 0 aliphatic heterocycles. The van der Waals surface area contributed by atoms with Crippen LogP contribution in [-0.4, -0.2) is 14.9 Å². The zero-order valence-corrected chi connectivity index (χ0v) is 13.2. The van der Waals surface area contributed by atoms with Gasteiger partial charge in [0.15, 0.2) is 0 Å². The molecule has 0 spiro atoms. The van der Waals surface area contributed by atoms with Crippen molar-refractivity contribution in [2.75, 3.05) is 0 Å². The van der Waals surface area contributed by atoms with Crippen LogP contribution in [0.5, 0.6) is 5.75 Å². The van der Waals surface area contributed by atoms with E-state index in [0.29, 0.717) is 5.75 Å². The zero-order chi connectivity index (χ0) is 16.0. The van der Waals surface area contributed by atoms with Crippen molar-refractivity contribution >= 4 is 21.7 Å². The summed E-state index contributed by atoms with van der Waals surface area (Å²) < 4.78 is 2.07. The predicted molar refractivity (Wildman–Crippen MR) is 93.9 cm³/mol. The fraction of sp³-hybridized carbons (Fsp3) is 0.150. The summed E-state index contributed by atoms with van der Waals surface area (Å²) in [5, 5.41) is 18.0. The van der Waals surface area contributed by atoms with Gasteiger partial charge in [0.05, 0.1) is 17.3 Å². The largest absolute Gasteiger partial charge is 0.507 e. The highest BCUT2D eigenvalue weighted by atomic mass is 16.3. The summed E-state index contributed by atoms with van der Waals surface area (Å²) in [6.45, 7) is 4.15. The van der Waals surface area contributed by atoms with Crippen molar-refractivity contribution < 1.29 is 5.11 Å². The van der Waals surface area contributed by atoms with Gasteiger partial charge in [0.25, 0.3) is 0 Å². The lowest BCUT2D eigenvalue weighted by Gasteiger charge is -2.15. The molecule has 23 heavy (non-hydrogen) atoms. The van der Waals surface area contributed by atoms with E-state index in [1.807, 2.05) is 55.5 Å². The molecule has 0 radical (unpaired) electrons. The average Bonchev–Trinajstić information content (AvgIpc) is 2.92. The van der Waals surface area contributed by atoms with Crippen LogP contribution >= 0.6 is 0 Å². The van der Waals surface area contributed by atoms with Crippen LogP contribution in [0.4, 0.5) is 0 Å². The molecule has 114 valence electrons. The van der Waals surface area contributed by atoms with Gasteiger partial charge < -0.3 is 5.11 Å². The van der Waals surface area contributed by atoms with Crippen LogP contribution in [0.2, 0.25) is 0 Å². The molecule has 1 unspecified atom stereocenters. The van der Waals surface area contributed by atoms with Crippen LogP contribution in [0.25, 0.3) is 21.7 Å². The molecule has 4 aromatic rings. The van der Waals surface area contributed by atoms with Crippen LogP contribution < -0.4 is 0 Å². The number of hydrogen-bond donors (Lipinski definition) is 1. The van der Waals surface area contributed by atoms with Gasteiger partial charge in [-0.25, -0.2) is 0 Å². The monoisotopic (exact) mass is 302 g/mol. The van der Waals surface area contributed by atoms with Crippen molar-refractivity contribution in [2.24, 2.45) is 0 Å². The standard InChI is InChI=1S/C20H18N2O/c1-13-18-12-19(23)16-10-6-7-11-17(16)20(18)22(21-13)14(2)15-8-4-3-5-9-15/h3-12,14,23H,1-2H3. The minimum absolute atomic E-state index is 0.125. The molecule has 0 aliphatic rings. The Bertz CT molecular complexity index is 1000. The first-order valence-electron chi connectivity index (χ1n) is 7.81. The van der Waals surface area contributed by atoms with Crippen molar-refractivity contribution in [3.8, 4) is 5.75 Å². The molecule has 1 N–H and O–H groups in total. The Balaban J connectivity index is 2.07. The third-order valence-electron chi connectivity index (χ3n) is 4.52.